The highest BCUT2D eigenvalue weighted by molar-refractivity contribution is 9.10. The van der Waals surface area contributed by atoms with E-state index in [9.17, 15) is 4.39 Å². The molecule has 1 heterocycles. The minimum atomic E-state index is -0.478. The van der Waals surface area contributed by atoms with Crippen LogP contribution < -0.4 is 0 Å². The van der Waals surface area contributed by atoms with Crippen molar-refractivity contribution in [3.63, 3.8) is 0 Å². The Kier molecular flexibility index (Phi) is 3.95. The van der Waals surface area contributed by atoms with Crippen molar-refractivity contribution in [2.24, 2.45) is 0 Å². The Morgan fingerprint density at radius 3 is 2.76 bits per heavy atom. The molecule has 1 aromatic heterocycles. The lowest BCUT2D eigenvalue weighted by Gasteiger charge is -2.18. The Morgan fingerprint density at radius 1 is 1.24 bits per heavy atom. The van der Waals surface area contributed by atoms with Crippen LogP contribution in [0, 0.1) is 5.82 Å². The van der Waals surface area contributed by atoms with Gasteiger partial charge in [0.25, 0.3) is 0 Å². The van der Waals surface area contributed by atoms with E-state index < -0.39 is 5.82 Å². The number of aromatic nitrogens is 2. The van der Waals surface area contributed by atoms with Crippen LogP contribution in [-0.4, -0.2) is 9.55 Å². The van der Waals surface area contributed by atoms with Crippen molar-refractivity contribution in [3.05, 3.63) is 62.6 Å². The second-order valence-electron chi connectivity index (χ2n) is 4.72. The van der Waals surface area contributed by atoms with Crippen molar-refractivity contribution in [3.8, 4) is 0 Å². The third kappa shape index (κ3) is 2.56. The van der Waals surface area contributed by atoms with Crippen molar-refractivity contribution in [1.29, 1.82) is 0 Å². The summed E-state index contributed by atoms with van der Waals surface area (Å²) in [4.78, 5) is 4.35. The number of imidazole rings is 1. The zero-order chi connectivity index (χ0) is 15.1. The highest BCUT2D eigenvalue weighted by Gasteiger charge is 2.20. The van der Waals surface area contributed by atoms with Gasteiger partial charge in [0.1, 0.15) is 5.82 Å². The summed E-state index contributed by atoms with van der Waals surface area (Å²) in [5.41, 5.74) is 2.33. The van der Waals surface area contributed by atoms with Crippen molar-refractivity contribution in [2.45, 2.75) is 13.0 Å². The van der Waals surface area contributed by atoms with Crippen LogP contribution in [0.15, 0.2) is 41.1 Å². The second kappa shape index (κ2) is 5.59. The summed E-state index contributed by atoms with van der Waals surface area (Å²) in [6.45, 7) is 1.91. The molecule has 6 heteroatoms. The minimum Gasteiger partial charge on any atom is -0.323 e. The van der Waals surface area contributed by atoms with Crippen LogP contribution in [0.5, 0.6) is 0 Å². The van der Waals surface area contributed by atoms with E-state index in [0.29, 0.717) is 10.6 Å². The van der Waals surface area contributed by atoms with Gasteiger partial charge in [0.2, 0.25) is 0 Å². The van der Waals surface area contributed by atoms with Gasteiger partial charge in [-0.1, -0.05) is 39.1 Å². The Hall–Kier alpha value is -1.10. The van der Waals surface area contributed by atoms with Crippen LogP contribution in [-0.2, 0) is 0 Å². The standard InChI is InChI=1S/C15H10BrCl2FN2/c1-8(14-10(17)3-4-11(19)15(14)18)21-7-20-12-5-2-9(16)6-13(12)21/h2-8H,1H3. The first-order valence-electron chi connectivity index (χ1n) is 6.24. The summed E-state index contributed by atoms with van der Waals surface area (Å²) in [5, 5.41) is 0.484. The molecule has 1 unspecified atom stereocenters. The molecule has 21 heavy (non-hydrogen) atoms. The molecule has 3 aromatic rings. The Labute approximate surface area is 139 Å². The fourth-order valence-corrected chi connectivity index (χ4v) is 3.41. The normalized spacial score (nSPS) is 12.8. The van der Waals surface area contributed by atoms with E-state index in [-0.39, 0.29) is 11.1 Å². The van der Waals surface area contributed by atoms with Gasteiger partial charge in [0.15, 0.2) is 0 Å². The summed E-state index contributed by atoms with van der Waals surface area (Å²) in [6.07, 6.45) is 1.71. The van der Waals surface area contributed by atoms with Crippen LogP contribution in [0.4, 0.5) is 4.39 Å². The van der Waals surface area contributed by atoms with Crippen LogP contribution in [0.1, 0.15) is 18.5 Å². The van der Waals surface area contributed by atoms with Gasteiger partial charge in [-0.15, -0.1) is 0 Å². The first-order valence-corrected chi connectivity index (χ1v) is 7.79. The topological polar surface area (TPSA) is 17.8 Å². The SMILES string of the molecule is CC(c1c(Cl)ccc(F)c1Cl)n1cnc2ccc(Br)cc21. The molecule has 0 N–H and O–H groups in total. The Bertz CT molecular complexity index is 832. The molecule has 0 saturated carbocycles. The summed E-state index contributed by atoms with van der Waals surface area (Å²) in [5.74, 6) is -0.478. The summed E-state index contributed by atoms with van der Waals surface area (Å²) in [6, 6.07) is 8.34. The predicted octanol–water partition coefficient (Wildman–Crippen LogP) is 5.85. The summed E-state index contributed by atoms with van der Waals surface area (Å²) in [7, 11) is 0. The van der Waals surface area contributed by atoms with Gasteiger partial charge in [-0.3, -0.25) is 0 Å². The third-order valence-electron chi connectivity index (χ3n) is 3.45. The van der Waals surface area contributed by atoms with E-state index >= 15 is 0 Å². The molecule has 0 aliphatic rings. The predicted molar refractivity (Wildman–Crippen MR) is 87.7 cm³/mol. The number of rotatable bonds is 2. The molecule has 0 radical (unpaired) electrons. The molecular weight excluding hydrogens is 378 g/mol. The van der Waals surface area contributed by atoms with Gasteiger partial charge in [-0.25, -0.2) is 9.37 Å². The second-order valence-corrected chi connectivity index (χ2v) is 6.42. The molecule has 0 bridgehead atoms. The van der Waals surface area contributed by atoms with E-state index in [4.69, 9.17) is 23.2 Å². The molecular formula is C15H10BrCl2FN2. The van der Waals surface area contributed by atoms with Crippen LogP contribution in [0.2, 0.25) is 10.0 Å². The van der Waals surface area contributed by atoms with Crippen molar-refractivity contribution < 1.29 is 4.39 Å². The molecule has 0 fully saturated rings. The molecule has 2 aromatic carbocycles. The largest absolute Gasteiger partial charge is 0.323 e. The van der Waals surface area contributed by atoms with E-state index in [1.807, 2.05) is 29.7 Å². The molecule has 3 rings (SSSR count). The average molecular weight is 388 g/mol. The van der Waals surface area contributed by atoms with Gasteiger partial charge in [0, 0.05) is 15.1 Å². The molecule has 2 nitrogen and oxygen atoms in total. The maximum Gasteiger partial charge on any atom is 0.142 e. The molecule has 1 atom stereocenters. The molecule has 0 aliphatic heterocycles. The molecule has 108 valence electrons. The highest BCUT2D eigenvalue weighted by atomic mass is 79.9. The average Bonchev–Trinajstić information content (AvgIpc) is 2.86. The van der Waals surface area contributed by atoms with Gasteiger partial charge < -0.3 is 4.57 Å². The lowest BCUT2D eigenvalue weighted by Crippen LogP contribution is -2.07. The van der Waals surface area contributed by atoms with Crippen molar-refractivity contribution in [1.82, 2.24) is 9.55 Å². The number of hydrogen-bond acceptors (Lipinski definition) is 1. The fourth-order valence-electron chi connectivity index (χ4n) is 2.37. The van der Waals surface area contributed by atoms with Crippen LogP contribution >= 0.6 is 39.1 Å². The van der Waals surface area contributed by atoms with Gasteiger partial charge in [0.05, 0.1) is 28.4 Å². The van der Waals surface area contributed by atoms with Crippen LogP contribution in [0.25, 0.3) is 11.0 Å². The zero-order valence-corrected chi connectivity index (χ0v) is 14.0. The molecule has 0 amide bonds. The van der Waals surface area contributed by atoms with E-state index in [1.165, 1.54) is 12.1 Å². The first kappa shape index (κ1) is 14.8. The zero-order valence-electron chi connectivity index (χ0n) is 10.9. The Balaban J connectivity index is 2.19. The van der Waals surface area contributed by atoms with Crippen LogP contribution in [0.3, 0.4) is 0 Å². The van der Waals surface area contributed by atoms with Gasteiger partial charge in [-0.2, -0.15) is 0 Å². The van der Waals surface area contributed by atoms with Gasteiger partial charge in [-0.05, 0) is 37.3 Å². The molecule has 0 aliphatic carbocycles. The highest BCUT2D eigenvalue weighted by Crippen LogP contribution is 2.35. The molecule has 0 spiro atoms. The molecule has 0 saturated heterocycles. The number of benzene rings is 2. The Morgan fingerprint density at radius 2 is 2.00 bits per heavy atom. The van der Waals surface area contributed by atoms with Gasteiger partial charge >= 0.3 is 0 Å². The fraction of sp³-hybridized carbons (Fsp3) is 0.133. The minimum absolute atomic E-state index is 0.0480. The smallest absolute Gasteiger partial charge is 0.142 e. The maximum atomic E-state index is 13.7. The monoisotopic (exact) mass is 386 g/mol. The lowest BCUT2D eigenvalue weighted by molar-refractivity contribution is 0.610. The first-order chi connectivity index (χ1) is 9.99. The van der Waals surface area contributed by atoms with E-state index in [2.05, 4.69) is 20.9 Å². The summed E-state index contributed by atoms with van der Waals surface area (Å²) < 4.78 is 16.6. The maximum absolute atomic E-state index is 13.7. The number of halogens is 4. The van der Waals surface area contributed by atoms with Crippen molar-refractivity contribution >= 4 is 50.2 Å². The lowest BCUT2D eigenvalue weighted by atomic mass is 10.1. The summed E-state index contributed by atoms with van der Waals surface area (Å²) >= 11 is 15.7. The third-order valence-corrected chi connectivity index (χ3v) is 4.66. The van der Waals surface area contributed by atoms with E-state index in [0.717, 1.165) is 15.5 Å². The number of fused-ring (bicyclic) bond motifs is 1. The number of hydrogen-bond donors (Lipinski definition) is 0. The van der Waals surface area contributed by atoms with Crippen molar-refractivity contribution in [2.75, 3.05) is 0 Å². The number of nitrogens with zero attached hydrogens (tertiary/aromatic N) is 2. The quantitative estimate of drug-likeness (QED) is 0.504. The van der Waals surface area contributed by atoms with E-state index in [1.54, 1.807) is 6.33 Å².